The summed E-state index contributed by atoms with van der Waals surface area (Å²) < 4.78 is 15.9. The Kier molecular flexibility index (Phi) is 6.09. The molecule has 9 nitrogen and oxygen atoms in total. The lowest BCUT2D eigenvalue weighted by molar-refractivity contribution is 0.0957. The summed E-state index contributed by atoms with van der Waals surface area (Å²) in [4.78, 5) is 38.6. The predicted molar refractivity (Wildman–Crippen MR) is 123 cm³/mol. The summed E-state index contributed by atoms with van der Waals surface area (Å²) in [7, 11) is 3.31. The first-order chi connectivity index (χ1) is 15.9. The molecule has 1 aliphatic rings. The van der Waals surface area contributed by atoms with Crippen LogP contribution in [0.25, 0.3) is 10.9 Å². The predicted octanol–water partition coefficient (Wildman–Crippen LogP) is 0.970. The van der Waals surface area contributed by atoms with Gasteiger partial charge >= 0.3 is 5.69 Å². The third-order valence-electron chi connectivity index (χ3n) is 5.36. The fourth-order valence-corrected chi connectivity index (χ4v) is 3.56. The van der Waals surface area contributed by atoms with Crippen LogP contribution in [0.3, 0.4) is 0 Å². The number of benzene rings is 2. The Labute approximate surface area is 188 Å². The van der Waals surface area contributed by atoms with Crippen LogP contribution in [-0.4, -0.2) is 33.8 Å². The number of amides is 1. The number of nitrogens with one attached hydrogen (secondary N) is 3. The van der Waals surface area contributed by atoms with Crippen LogP contribution in [0.5, 0.6) is 0 Å². The van der Waals surface area contributed by atoms with Gasteiger partial charge in [0.2, 0.25) is 0 Å². The number of aryl methyl sites for hydroxylation is 1. The van der Waals surface area contributed by atoms with Crippen molar-refractivity contribution in [2.45, 2.75) is 6.54 Å². The van der Waals surface area contributed by atoms with E-state index in [0.717, 1.165) is 10.1 Å². The van der Waals surface area contributed by atoms with Crippen molar-refractivity contribution < 1.29 is 9.18 Å². The molecule has 1 aliphatic heterocycles. The SMILES string of the molecule is CNN1C=CC(CNC(=O)c2ccc3c(c2)c(=O)n(Cc2cccc(F)c2)c(=O)n3C)=CN1. The maximum Gasteiger partial charge on any atom is 0.331 e. The molecule has 0 radical (unpaired) electrons. The molecule has 0 aliphatic carbocycles. The lowest BCUT2D eigenvalue weighted by atomic mass is 10.1. The van der Waals surface area contributed by atoms with Crippen LogP contribution in [-0.2, 0) is 13.6 Å². The second-order valence-electron chi connectivity index (χ2n) is 7.54. The van der Waals surface area contributed by atoms with Gasteiger partial charge in [-0.05, 0) is 47.5 Å². The van der Waals surface area contributed by atoms with Crippen LogP contribution in [0.15, 0.2) is 76.1 Å². The number of nitrogens with zero attached hydrogens (tertiary/aromatic N) is 3. The Bertz CT molecular complexity index is 1410. The highest BCUT2D eigenvalue weighted by Crippen LogP contribution is 2.12. The molecule has 3 N–H and O–H groups in total. The van der Waals surface area contributed by atoms with Gasteiger partial charge in [0.05, 0.1) is 17.4 Å². The van der Waals surface area contributed by atoms with Crippen molar-refractivity contribution >= 4 is 16.8 Å². The molecule has 170 valence electrons. The van der Waals surface area contributed by atoms with E-state index in [2.05, 4.69) is 16.2 Å². The minimum absolute atomic E-state index is 0.0766. The number of fused-ring (bicyclic) bond motifs is 1. The fraction of sp³-hybridized carbons (Fsp3) is 0.174. The summed E-state index contributed by atoms with van der Waals surface area (Å²) in [6, 6.07) is 10.3. The molecule has 0 unspecified atom stereocenters. The largest absolute Gasteiger partial charge is 0.348 e. The van der Waals surface area contributed by atoms with Gasteiger partial charge < -0.3 is 5.32 Å². The molecule has 3 aromatic rings. The van der Waals surface area contributed by atoms with Crippen molar-refractivity contribution in [3.8, 4) is 0 Å². The second-order valence-corrected chi connectivity index (χ2v) is 7.54. The van der Waals surface area contributed by atoms with Crippen LogP contribution < -0.4 is 27.4 Å². The minimum atomic E-state index is -0.540. The minimum Gasteiger partial charge on any atom is -0.348 e. The maximum atomic E-state index is 13.6. The van der Waals surface area contributed by atoms with Gasteiger partial charge in [-0.25, -0.2) is 19.7 Å². The third-order valence-corrected chi connectivity index (χ3v) is 5.36. The molecule has 0 saturated carbocycles. The summed E-state index contributed by atoms with van der Waals surface area (Å²) in [6.45, 7) is 0.210. The lowest BCUT2D eigenvalue weighted by Gasteiger charge is -2.22. The molecule has 0 spiro atoms. The summed E-state index contributed by atoms with van der Waals surface area (Å²) in [5, 5.41) is 4.69. The molecule has 1 amide bonds. The van der Waals surface area contributed by atoms with E-state index in [1.807, 2.05) is 6.08 Å². The quantitative estimate of drug-likeness (QED) is 0.518. The van der Waals surface area contributed by atoms with E-state index in [0.29, 0.717) is 16.6 Å². The number of hydrogen-bond acceptors (Lipinski definition) is 6. The van der Waals surface area contributed by atoms with Crippen LogP contribution in [0.1, 0.15) is 15.9 Å². The number of rotatable bonds is 6. The van der Waals surface area contributed by atoms with E-state index in [1.165, 1.54) is 28.8 Å². The number of carbonyl (C=O) groups excluding carboxylic acids is 1. The van der Waals surface area contributed by atoms with Gasteiger partial charge in [0.1, 0.15) is 5.82 Å². The standard InChI is InChI=1S/C23H23FN6O3/c1-25-30-9-8-16(13-27-30)12-26-21(31)17-6-7-20-19(11-17)22(32)29(23(33)28(20)2)14-15-4-3-5-18(24)10-15/h3-11,13,25,27H,12,14H2,1-2H3,(H,26,31). The molecule has 0 bridgehead atoms. The van der Waals surface area contributed by atoms with Gasteiger partial charge in [-0.2, -0.15) is 0 Å². The Morgan fingerprint density at radius 2 is 1.97 bits per heavy atom. The zero-order valence-corrected chi connectivity index (χ0v) is 18.1. The van der Waals surface area contributed by atoms with E-state index in [1.54, 1.807) is 49.8 Å². The number of hydrazine groups is 2. The Morgan fingerprint density at radius 1 is 1.15 bits per heavy atom. The molecule has 0 saturated heterocycles. The van der Waals surface area contributed by atoms with Crippen molar-refractivity contribution in [2.24, 2.45) is 7.05 Å². The summed E-state index contributed by atoms with van der Waals surface area (Å²) in [6.07, 6.45) is 5.37. The maximum absolute atomic E-state index is 13.6. The Hall–Kier alpha value is -4.18. The molecule has 2 heterocycles. The molecule has 4 rings (SSSR count). The molecule has 2 aromatic carbocycles. The number of carbonyl (C=O) groups is 1. The second kappa shape index (κ2) is 9.13. The zero-order valence-electron chi connectivity index (χ0n) is 18.1. The highest BCUT2D eigenvalue weighted by molar-refractivity contribution is 5.98. The zero-order chi connectivity index (χ0) is 23.5. The summed E-state index contributed by atoms with van der Waals surface area (Å²) >= 11 is 0. The summed E-state index contributed by atoms with van der Waals surface area (Å²) in [5.41, 5.74) is 6.86. The van der Waals surface area contributed by atoms with E-state index >= 15 is 0 Å². The fourth-order valence-electron chi connectivity index (χ4n) is 3.56. The van der Waals surface area contributed by atoms with Crippen LogP contribution >= 0.6 is 0 Å². The highest BCUT2D eigenvalue weighted by atomic mass is 19.1. The molecule has 0 atom stereocenters. The van der Waals surface area contributed by atoms with Gasteiger partial charge in [-0.15, -0.1) is 0 Å². The highest BCUT2D eigenvalue weighted by Gasteiger charge is 2.15. The van der Waals surface area contributed by atoms with Gasteiger partial charge in [0.25, 0.3) is 11.5 Å². The Morgan fingerprint density at radius 3 is 2.67 bits per heavy atom. The van der Waals surface area contributed by atoms with E-state index < -0.39 is 17.1 Å². The average molecular weight is 450 g/mol. The number of halogens is 1. The monoisotopic (exact) mass is 450 g/mol. The van der Waals surface area contributed by atoms with E-state index in [4.69, 9.17) is 0 Å². The first kappa shape index (κ1) is 22.0. The van der Waals surface area contributed by atoms with Crippen LogP contribution in [0, 0.1) is 5.82 Å². The first-order valence-electron chi connectivity index (χ1n) is 10.2. The van der Waals surface area contributed by atoms with Crippen LogP contribution in [0.2, 0.25) is 0 Å². The van der Waals surface area contributed by atoms with E-state index in [9.17, 15) is 18.8 Å². The van der Waals surface area contributed by atoms with Gasteiger partial charge in [-0.3, -0.25) is 24.1 Å². The van der Waals surface area contributed by atoms with Crippen molar-refractivity contribution in [3.05, 3.63) is 104 Å². The van der Waals surface area contributed by atoms with Gasteiger partial charge in [0.15, 0.2) is 0 Å². The number of aromatic nitrogens is 2. The third kappa shape index (κ3) is 4.55. The molecule has 10 heteroatoms. The van der Waals surface area contributed by atoms with Crippen LogP contribution in [0.4, 0.5) is 4.39 Å². The molecule has 1 aromatic heterocycles. The topological polar surface area (TPSA) is 100 Å². The van der Waals surface area contributed by atoms with Crippen molar-refractivity contribution in [3.63, 3.8) is 0 Å². The number of hydrogen-bond donors (Lipinski definition) is 3. The van der Waals surface area contributed by atoms with E-state index in [-0.39, 0.29) is 24.4 Å². The molecule has 33 heavy (non-hydrogen) atoms. The summed E-state index contributed by atoms with van der Waals surface area (Å²) in [5.74, 6) is -0.805. The molecule has 0 fully saturated rings. The molecular weight excluding hydrogens is 427 g/mol. The van der Waals surface area contributed by atoms with Crippen molar-refractivity contribution in [2.75, 3.05) is 13.6 Å². The molecular formula is C23H23FN6O3. The normalized spacial score (nSPS) is 13.1. The Balaban J connectivity index is 1.62. The smallest absolute Gasteiger partial charge is 0.331 e. The van der Waals surface area contributed by atoms with Crippen molar-refractivity contribution in [1.82, 2.24) is 30.4 Å². The lowest BCUT2D eigenvalue weighted by Crippen LogP contribution is -2.41. The van der Waals surface area contributed by atoms with Crippen molar-refractivity contribution in [1.29, 1.82) is 0 Å². The van der Waals surface area contributed by atoms with Gasteiger partial charge in [-0.1, -0.05) is 12.1 Å². The first-order valence-corrected chi connectivity index (χ1v) is 10.2. The van der Waals surface area contributed by atoms with Gasteiger partial charge in [0, 0.05) is 38.6 Å². The average Bonchev–Trinajstić information content (AvgIpc) is 2.83.